The van der Waals surface area contributed by atoms with Crippen molar-refractivity contribution in [3.8, 4) is 11.8 Å². The number of hydrogen-bond donors (Lipinski definition) is 1. The number of rotatable bonds is 4. The summed E-state index contributed by atoms with van der Waals surface area (Å²) < 4.78 is 0. The van der Waals surface area contributed by atoms with Crippen LogP contribution in [-0.4, -0.2) is 23.9 Å². The van der Waals surface area contributed by atoms with Gasteiger partial charge in [0.15, 0.2) is 0 Å². The summed E-state index contributed by atoms with van der Waals surface area (Å²) in [7, 11) is 0. The predicted molar refractivity (Wildman–Crippen MR) is 97.9 cm³/mol. The van der Waals surface area contributed by atoms with E-state index in [0.717, 1.165) is 17.8 Å². The van der Waals surface area contributed by atoms with Crippen LogP contribution in [0.1, 0.15) is 41.3 Å². The fraction of sp³-hybridized carbons (Fsp3) is 0.286. The number of nitrogens with zero attached hydrogens (tertiary/aromatic N) is 1. The van der Waals surface area contributed by atoms with E-state index in [4.69, 9.17) is 0 Å². The van der Waals surface area contributed by atoms with Gasteiger partial charge in [0.25, 0.3) is 5.91 Å². The van der Waals surface area contributed by atoms with Crippen LogP contribution >= 0.6 is 0 Å². The molecule has 1 aliphatic heterocycles. The van der Waals surface area contributed by atoms with Crippen LogP contribution in [-0.2, 0) is 6.54 Å². The first-order valence-corrected chi connectivity index (χ1v) is 8.40. The zero-order valence-corrected chi connectivity index (χ0v) is 14.0. The first-order valence-electron chi connectivity index (χ1n) is 8.40. The molecule has 0 aromatic heterocycles. The third kappa shape index (κ3) is 4.24. The molecule has 0 spiro atoms. The first-order chi connectivity index (χ1) is 11.7. The number of benzene rings is 2. The standard InChI is InChI=1S/C21H22N2O/c1-2-5-17-8-12-20(13-9-17)22-21(24)19-10-6-18(7-11-19)16-23-14-3-4-15-23/h6-13H,3-4,14-16H2,1H3,(H,22,24). The zero-order chi connectivity index (χ0) is 16.8. The number of hydrogen-bond acceptors (Lipinski definition) is 2. The van der Waals surface area contributed by atoms with E-state index in [9.17, 15) is 4.79 Å². The number of likely N-dealkylation sites (tertiary alicyclic amines) is 1. The summed E-state index contributed by atoms with van der Waals surface area (Å²) in [5.74, 6) is 5.76. The fourth-order valence-corrected chi connectivity index (χ4v) is 2.94. The van der Waals surface area contributed by atoms with Gasteiger partial charge in [0.1, 0.15) is 0 Å². The van der Waals surface area contributed by atoms with Gasteiger partial charge in [0, 0.05) is 23.4 Å². The average Bonchev–Trinajstić information content (AvgIpc) is 3.10. The van der Waals surface area contributed by atoms with Crippen molar-refractivity contribution in [2.75, 3.05) is 18.4 Å². The van der Waals surface area contributed by atoms with Crippen LogP contribution in [0.25, 0.3) is 0 Å². The van der Waals surface area contributed by atoms with Gasteiger partial charge < -0.3 is 5.32 Å². The van der Waals surface area contributed by atoms with Crippen molar-refractivity contribution >= 4 is 11.6 Å². The molecule has 3 nitrogen and oxygen atoms in total. The summed E-state index contributed by atoms with van der Waals surface area (Å²) in [5, 5.41) is 2.92. The molecule has 1 amide bonds. The Morgan fingerprint density at radius 2 is 1.71 bits per heavy atom. The molecule has 0 unspecified atom stereocenters. The van der Waals surface area contributed by atoms with Crippen LogP contribution in [0, 0.1) is 11.8 Å². The number of carbonyl (C=O) groups excluding carboxylic acids is 1. The molecule has 0 atom stereocenters. The Labute approximate surface area is 143 Å². The molecular formula is C21H22N2O. The fourth-order valence-electron chi connectivity index (χ4n) is 2.94. The molecule has 1 aliphatic rings. The van der Waals surface area contributed by atoms with Crippen molar-refractivity contribution in [3.05, 3.63) is 65.2 Å². The summed E-state index contributed by atoms with van der Waals surface area (Å²) in [6.45, 7) is 5.15. The molecule has 0 radical (unpaired) electrons. The number of amides is 1. The topological polar surface area (TPSA) is 32.3 Å². The quantitative estimate of drug-likeness (QED) is 0.867. The molecule has 0 aliphatic carbocycles. The minimum absolute atomic E-state index is 0.0861. The summed E-state index contributed by atoms with van der Waals surface area (Å²) in [5.41, 5.74) is 3.66. The van der Waals surface area contributed by atoms with Gasteiger partial charge in [-0.2, -0.15) is 0 Å². The maximum Gasteiger partial charge on any atom is 0.255 e. The lowest BCUT2D eigenvalue weighted by atomic mass is 10.1. The van der Waals surface area contributed by atoms with E-state index in [1.807, 2.05) is 55.5 Å². The highest BCUT2D eigenvalue weighted by Gasteiger charge is 2.12. The van der Waals surface area contributed by atoms with E-state index in [1.54, 1.807) is 0 Å². The van der Waals surface area contributed by atoms with Gasteiger partial charge in [-0.05, 0) is 74.8 Å². The molecular weight excluding hydrogens is 296 g/mol. The van der Waals surface area contributed by atoms with Gasteiger partial charge >= 0.3 is 0 Å². The van der Waals surface area contributed by atoms with E-state index in [0.29, 0.717) is 5.56 Å². The van der Waals surface area contributed by atoms with Gasteiger partial charge in [-0.3, -0.25) is 9.69 Å². The van der Waals surface area contributed by atoms with E-state index in [1.165, 1.54) is 31.5 Å². The lowest BCUT2D eigenvalue weighted by molar-refractivity contribution is 0.102. The second-order valence-electron chi connectivity index (χ2n) is 6.09. The van der Waals surface area contributed by atoms with Crippen molar-refractivity contribution in [1.29, 1.82) is 0 Å². The van der Waals surface area contributed by atoms with Crippen LogP contribution in [0.15, 0.2) is 48.5 Å². The molecule has 122 valence electrons. The maximum absolute atomic E-state index is 12.3. The van der Waals surface area contributed by atoms with Crippen LogP contribution in [0.5, 0.6) is 0 Å². The SMILES string of the molecule is CC#Cc1ccc(NC(=O)c2ccc(CN3CCCC3)cc2)cc1. The molecule has 1 saturated heterocycles. The van der Waals surface area contributed by atoms with Gasteiger partial charge in [-0.1, -0.05) is 18.1 Å². The zero-order valence-electron chi connectivity index (χ0n) is 14.0. The molecule has 1 fully saturated rings. The summed E-state index contributed by atoms with van der Waals surface area (Å²) in [6.07, 6.45) is 2.59. The van der Waals surface area contributed by atoms with Crippen molar-refractivity contribution in [2.24, 2.45) is 0 Å². The molecule has 3 rings (SSSR count). The minimum Gasteiger partial charge on any atom is -0.322 e. The Bertz CT molecular complexity index is 745. The van der Waals surface area contributed by atoms with Crippen LogP contribution in [0.2, 0.25) is 0 Å². The number of anilines is 1. The number of carbonyl (C=O) groups is 1. The van der Waals surface area contributed by atoms with E-state index >= 15 is 0 Å². The molecule has 0 saturated carbocycles. The average molecular weight is 318 g/mol. The maximum atomic E-state index is 12.3. The second-order valence-corrected chi connectivity index (χ2v) is 6.09. The molecule has 24 heavy (non-hydrogen) atoms. The first kappa shape index (κ1) is 16.3. The molecule has 2 aromatic carbocycles. The summed E-state index contributed by atoms with van der Waals surface area (Å²) >= 11 is 0. The highest BCUT2D eigenvalue weighted by molar-refractivity contribution is 6.04. The Balaban J connectivity index is 1.60. The van der Waals surface area contributed by atoms with Crippen LogP contribution in [0.3, 0.4) is 0 Å². The minimum atomic E-state index is -0.0861. The normalized spacial score (nSPS) is 14.0. The van der Waals surface area contributed by atoms with E-state index in [-0.39, 0.29) is 5.91 Å². The third-order valence-electron chi connectivity index (χ3n) is 4.23. The third-order valence-corrected chi connectivity index (χ3v) is 4.23. The van der Waals surface area contributed by atoms with Crippen molar-refractivity contribution in [3.63, 3.8) is 0 Å². The monoisotopic (exact) mass is 318 g/mol. The highest BCUT2D eigenvalue weighted by Crippen LogP contribution is 2.15. The van der Waals surface area contributed by atoms with Crippen molar-refractivity contribution in [1.82, 2.24) is 4.90 Å². The molecule has 0 bridgehead atoms. The predicted octanol–water partition coefficient (Wildman–Crippen LogP) is 3.91. The van der Waals surface area contributed by atoms with Gasteiger partial charge in [0.2, 0.25) is 0 Å². The van der Waals surface area contributed by atoms with Crippen molar-refractivity contribution < 1.29 is 4.79 Å². The van der Waals surface area contributed by atoms with Gasteiger partial charge in [-0.25, -0.2) is 0 Å². The van der Waals surface area contributed by atoms with Crippen LogP contribution < -0.4 is 5.32 Å². The van der Waals surface area contributed by atoms with Gasteiger partial charge in [0.05, 0.1) is 0 Å². The Morgan fingerprint density at radius 1 is 1.04 bits per heavy atom. The lowest BCUT2D eigenvalue weighted by Gasteiger charge is -2.14. The highest BCUT2D eigenvalue weighted by atomic mass is 16.1. The summed E-state index contributed by atoms with van der Waals surface area (Å²) in [4.78, 5) is 14.8. The largest absolute Gasteiger partial charge is 0.322 e. The Morgan fingerprint density at radius 3 is 2.33 bits per heavy atom. The molecule has 1 N–H and O–H groups in total. The number of nitrogens with one attached hydrogen (secondary N) is 1. The molecule has 1 heterocycles. The second kappa shape index (κ2) is 7.81. The smallest absolute Gasteiger partial charge is 0.255 e. The summed E-state index contributed by atoms with van der Waals surface area (Å²) in [6, 6.07) is 15.5. The van der Waals surface area contributed by atoms with E-state index < -0.39 is 0 Å². The molecule has 3 heteroatoms. The van der Waals surface area contributed by atoms with Crippen molar-refractivity contribution in [2.45, 2.75) is 26.3 Å². The Hall–Kier alpha value is -2.57. The Kier molecular flexibility index (Phi) is 5.30. The van der Waals surface area contributed by atoms with E-state index in [2.05, 4.69) is 22.1 Å². The van der Waals surface area contributed by atoms with Gasteiger partial charge in [-0.15, -0.1) is 5.92 Å². The van der Waals surface area contributed by atoms with Crippen LogP contribution in [0.4, 0.5) is 5.69 Å². The lowest BCUT2D eigenvalue weighted by Crippen LogP contribution is -2.18. The molecule has 2 aromatic rings.